The van der Waals surface area contributed by atoms with Crippen LogP contribution in [0.25, 0.3) is 0 Å². The van der Waals surface area contributed by atoms with Gasteiger partial charge in [-0.3, -0.25) is 0 Å². The first kappa shape index (κ1) is 12.7. The molecule has 0 saturated carbocycles. The van der Waals surface area contributed by atoms with Gasteiger partial charge in [-0.2, -0.15) is 5.26 Å². The van der Waals surface area contributed by atoms with Gasteiger partial charge in [0.15, 0.2) is 0 Å². The molecule has 2 rings (SSSR count). The van der Waals surface area contributed by atoms with Crippen LogP contribution in [0.3, 0.4) is 0 Å². The van der Waals surface area contributed by atoms with Crippen molar-refractivity contribution in [2.75, 3.05) is 0 Å². The Morgan fingerprint density at radius 1 is 1.44 bits per heavy atom. The van der Waals surface area contributed by atoms with Crippen molar-refractivity contribution in [2.24, 2.45) is 0 Å². The maximum Gasteiger partial charge on any atom is 0.109 e. The van der Waals surface area contributed by atoms with Gasteiger partial charge in [0.2, 0.25) is 0 Å². The number of benzene rings is 1. The van der Waals surface area contributed by atoms with E-state index in [1.54, 1.807) is 11.3 Å². The predicted molar refractivity (Wildman–Crippen MR) is 73.1 cm³/mol. The molecule has 0 aliphatic heterocycles. The van der Waals surface area contributed by atoms with Gasteiger partial charge < -0.3 is 5.32 Å². The van der Waals surface area contributed by atoms with Gasteiger partial charge in [0.05, 0.1) is 17.7 Å². The number of nitrogens with zero attached hydrogens (tertiary/aromatic N) is 2. The molecular formula is C14H15N3S. The minimum Gasteiger partial charge on any atom is -0.304 e. The van der Waals surface area contributed by atoms with Crippen molar-refractivity contribution in [1.82, 2.24) is 10.3 Å². The van der Waals surface area contributed by atoms with Gasteiger partial charge in [0.25, 0.3) is 0 Å². The second-order valence-electron chi connectivity index (χ2n) is 3.98. The summed E-state index contributed by atoms with van der Waals surface area (Å²) in [4.78, 5) is 4.33. The number of hydrogen-bond acceptors (Lipinski definition) is 4. The zero-order chi connectivity index (χ0) is 12.8. The zero-order valence-corrected chi connectivity index (χ0v) is 11.1. The maximum atomic E-state index is 9.04. The smallest absolute Gasteiger partial charge is 0.109 e. The van der Waals surface area contributed by atoms with E-state index in [-0.39, 0.29) is 6.04 Å². The summed E-state index contributed by atoms with van der Waals surface area (Å²) in [7, 11) is 0. The van der Waals surface area contributed by atoms with Gasteiger partial charge in [-0.1, -0.05) is 25.1 Å². The number of thiazole rings is 1. The average Bonchev–Trinajstić information content (AvgIpc) is 2.94. The Balaban J connectivity index is 2.05. The molecule has 2 aromatic rings. The predicted octanol–water partition coefficient (Wildman–Crippen LogP) is 3.26. The van der Waals surface area contributed by atoms with Crippen molar-refractivity contribution < 1.29 is 0 Å². The number of nitriles is 1. The molecule has 1 atom stereocenters. The summed E-state index contributed by atoms with van der Waals surface area (Å²) in [6.07, 6.45) is 2.82. The van der Waals surface area contributed by atoms with Crippen molar-refractivity contribution in [2.45, 2.75) is 25.9 Å². The van der Waals surface area contributed by atoms with E-state index in [1.165, 1.54) is 0 Å². The highest BCUT2D eigenvalue weighted by Gasteiger charge is 2.11. The summed E-state index contributed by atoms with van der Waals surface area (Å²) in [5.74, 6) is 0. The molecule has 1 unspecified atom stereocenters. The van der Waals surface area contributed by atoms with Crippen LogP contribution in [-0.2, 0) is 6.54 Å². The molecule has 0 radical (unpaired) electrons. The minimum absolute atomic E-state index is 0.261. The largest absolute Gasteiger partial charge is 0.304 e. The summed E-state index contributed by atoms with van der Waals surface area (Å²) in [5, 5.41) is 15.6. The molecule has 0 fully saturated rings. The van der Waals surface area contributed by atoms with Crippen LogP contribution in [0.2, 0.25) is 0 Å². The summed E-state index contributed by atoms with van der Waals surface area (Å²) < 4.78 is 0. The lowest BCUT2D eigenvalue weighted by Gasteiger charge is -2.14. The van der Waals surface area contributed by atoms with E-state index in [0.717, 1.165) is 22.6 Å². The van der Waals surface area contributed by atoms with Crippen LogP contribution in [0.5, 0.6) is 0 Å². The Morgan fingerprint density at radius 2 is 2.28 bits per heavy atom. The lowest BCUT2D eigenvalue weighted by atomic mass is 10.1. The van der Waals surface area contributed by atoms with Crippen LogP contribution >= 0.6 is 11.3 Å². The quantitative estimate of drug-likeness (QED) is 0.894. The van der Waals surface area contributed by atoms with Crippen molar-refractivity contribution >= 4 is 11.3 Å². The van der Waals surface area contributed by atoms with Crippen LogP contribution in [0, 0.1) is 11.3 Å². The van der Waals surface area contributed by atoms with E-state index in [9.17, 15) is 0 Å². The zero-order valence-electron chi connectivity index (χ0n) is 10.3. The summed E-state index contributed by atoms with van der Waals surface area (Å²) in [6, 6.07) is 10.2. The Kier molecular flexibility index (Phi) is 4.46. The summed E-state index contributed by atoms with van der Waals surface area (Å²) in [6.45, 7) is 2.83. The topological polar surface area (TPSA) is 48.7 Å². The summed E-state index contributed by atoms with van der Waals surface area (Å²) in [5.41, 5.74) is 1.77. The molecule has 18 heavy (non-hydrogen) atoms. The highest BCUT2D eigenvalue weighted by Crippen LogP contribution is 2.19. The number of aromatic nitrogens is 1. The van der Waals surface area contributed by atoms with Crippen LogP contribution in [-0.4, -0.2) is 4.98 Å². The molecule has 0 aliphatic rings. The minimum atomic E-state index is 0.261. The molecule has 0 saturated heterocycles. The van der Waals surface area contributed by atoms with Crippen molar-refractivity contribution in [1.29, 1.82) is 5.26 Å². The first-order valence-corrected chi connectivity index (χ1v) is 6.84. The van der Waals surface area contributed by atoms with Crippen molar-refractivity contribution in [3.8, 4) is 6.07 Å². The van der Waals surface area contributed by atoms with E-state index < -0.39 is 0 Å². The van der Waals surface area contributed by atoms with Crippen molar-refractivity contribution in [3.05, 3.63) is 52.0 Å². The van der Waals surface area contributed by atoms with Crippen LogP contribution in [0.15, 0.2) is 35.8 Å². The van der Waals surface area contributed by atoms with E-state index in [1.807, 2.05) is 35.8 Å². The molecule has 0 amide bonds. The molecular weight excluding hydrogens is 242 g/mol. The molecule has 3 nitrogen and oxygen atoms in total. The van der Waals surface area contributed by atoms with Gasteiger partial charge in [0, 0.05) is 18.1 Å². The molecule has 0 bridgehead atoms. The highest BCUT2D eigenvalue weighted by molar-refractivity contribution is 7.09. The van der Waals surface area contributed by atoms with Gasteiger partial charge in [-0.25, -0.2) is 4.98 Å². The fourth-order valence-electron chi connectivity index (χ4n) is 1.83. The number of hydrogen-bond donors (Lipinski definition) is 1. The van der Waals surface area contributed by atoms with Gasteiger partial charge in [-0.05, 0) is 18.1 Å². The average molecular weight is 257 g/mol. The number of rotatable bonds is 5. The lowest BCUT2D eigenvalue weighted by molar-refractivity contribution is 0.516. The maximum absolute atomic E-state index is 9.04. The Hall–Kier alpha value is -1.70. The van der Waals surface area contributed by atoms with E-state index in [2.05, 4.69) is 23.3 Å². The third kappa shape index (κ3) is 2.95. The standard InChI is InChI=1S/C14H15N3S/c1-2-13(14-16-7-8-18-14)17-10-12-6-4-3-5-11(12)9-15/h3-8,13,17H,2,10H2,1H3. The molecule has 0 aliphatic carbocycles. The molecule has 1 aromatic heterocycles. The van der Waals surface area contributed by atoms with Gasteiger partial charge in [-0.15, -0.1) is 11.3 Å². The lowest BCUT2D eigenvalue weighted by Crippen LogP contribution is -2.20. The van der Waals surface area contributed by atoms with E-state index in [4.69, 9.17) is 5.26 Å². The van der Waals surface area contributed by atoms with E-state index >= 15 is 0 Å². The Morgan fingerprint density at radius 3 is 2.94 bits per heavy atom. The molecule has 1 heterocycles. The fraction of sp³-hybridized carbons (Fsp3) is 0.286. The molecule has 1 aromatic carbocycles. The second-order valence-corrected chi connectivity index (χ2v) is 4.91. The van der Waals surface area contributed by atoms with Gasteiger partial charge >= 0.3 is 0 Å². The highest BCUT2D eigenvalue weighted by atomic mass is 32.1. The number of nitrogens with one attached hydrogen (secondary N) is 1. The van der Waals surface area contributed by atoms with E-state index in [0.29, 0.717) is 6.54 Å². The van der Waals surface area contributed by atoms with Crippen LogP contribution in [0.4, 0.5) is 0 Å². The van der Waals surface area contributed by atoms with Crippen LogP contribution in [0.1, 0.15) is 35.5 Å². The van der Waals surface area contributed by atoms with Gasteiger partial charge in [0.1, 0.15) is 5.01 Å². The molecule has 92 valence electrons. The second kappa shape index (κ2) is 6.29. The monoisotopic (exact) mass is 257 g/mol. The first-order valence-electron chi connectivity index (χ1n) is 5.96. The normalized spacial score (nSPS) is 12.0. The molecule has 1 N–H and O–H groups in total. The Bertz CT molecular complexity index is 528. The fourth-order valence-corrected chi connectivity index (χ4v) is 2.63. The molecule has 0 spiro atoms. The SMILES string of the molecule is CCC(NCc1ccccc1C#N)c1nccs1. The first-order chi connectivity index (χ1) is 8.85. The van der Waals surface area contributed by atoms with Crippen LogP contribution < -0.4 is 5.32 Å². The third-order valence-corrected chi connectivity index (χ3v) is 3.72. The molecule has 4 heteroatoms. The summed E-state index contributed by atoms with van der Waals surface area (Å²) >= 11 is 1.66. The third-order valence-electron chi connectivity index (χ3n) is 2.83. The Labute approximate surface area is 111 Å². The van der Waals surface area contributed by atoms with Crippen molar-refractivity contribution in [3.63, 3.8) is 0 Å².